The summed E-state index contributed by atoms with van der Waals surface area (Å²) in [7, 11) is 0. The summed E-state index contributed by atoms with van der Waals surface area (Å²) in [5.41, 5.74) is 5.80. The van der Waals surface area contributed by atoms with Crippen molar-refractivity contribution >= 4 is 35.5 Å². The number of carbonyl (C=O) groups is 4. The summed E-state index contributed by atoms with van der Waals surface area (Å²) in [5, 5.41) is 25.7. The van der Waals surface area contributed by atoms with Crippen LogP contribution >= 0.6 is 11.8 Å². The maximum absolute atomic E-state index is 12.6. The molecule has 3 amide bonds. The highest BCUT2D eigenvalue weighted by Crippen LogP contribution is 2.05. The summed E-state index contributed by atoms with van der Waals surface area (Å²) in [6.07, 6.45) is 1.27. The summed E-state index contributed by atoms with van der Waals surface area (Å²) in [6, 6.07) is -3.13. The maximum atomic E-state index is 12.6. The Morgan fingerprint density at radius 3 is 2.11 bits per heavy atom. The van der Waals surface area contributed by atoms with E-state index in [1.165, 1.54) is 18.7 Å². The molecular formula is C17H32N4O6S. The van der Waals surface area contributed by atoms with Gasteiger partial charge in [0, 0.05) is 0 Å². The fourth-order valence-corrected chi connectivity index (χ4v) is 2.80. The third-order valence-corrected chi connectivity index (χ3v) is 4.43. The van der Waals surface area contributed by atoms with Gasteiger partial charge in [-0.25, -0.2) is 0 Å². The molecule has 0 bridgehead atoms. The smallest absolute Gasteiger partial charge is 0.322 e. The van der Waals surface area contributed by atoms with E-state index in [0.29, 0.717) is 12.2 Å². The zero-order chi connectivity index (χ0) is 21.9. The van der Waals surface area contributed by atoms with Crippen molar-refractivity contribution in [2.45, 2.75) is 57.8 Å². The lowest BCUT2D eigenvalue weighted by molar-refractivity contribution is -0.138. The monoisotopic (exact) mass is 420 g/mol. The van der Waals surface area contributed by atoms with Crippen molar-refractivity contribution in [1.82, 2.24) is 16.0 Å². The number of aliphatic carboxylic acids is 1. The second kappa shape index (κ2) is 13.3. The molecule has 0 aliphatic rings. The van der Waals surface area contributed by atoms with Crippen LogP contribution in [-0.4, -0.2) is 76.7 Å². The zero-order valence-electron chi connectivity index (χ0n) is 16.7. The van der Waals surface area contributed by atoms with Crippen LogP contribution in [0.15, 0.2) is 0 Å². The van der Waals surface area contributed by atoms with Crippen LogP contribution in [0.4, 0.5) is 0 Å². The maximum Gasteiger partial charge on any atom is 0.322 e. The fourth-order valence-electron chi connectivity index (χ4n) is 2.33. The van der Waals surface area contributed by atoms with E-state index in [-0.39, 0.29) is 12.3 Å². The molecule has 28 heavy (non-hydrogen) atoms. The van der Waals surface area contributed by atoms with Gasteiger partial charge in [-0.2, -0.15) is 11.8 Å². The molecule has 0 aliphatic carbocycles. The molecule has 0 aromatic heterocycles. The van der Waals surface area contributed by atoms with Crippen molar-refractivity contribution < 1.29 is 29.4 Å². The van der Waals surface area contributed by atoms with E-state index in [4.69, 9.17) is 10.8 Å². The van der Waals surface area contributed by atoms with E-state index in [0.717, 1.165) is 0 Å². The van der Waals surface area contributed by atoms with Crippen molar-refractivity contribution in [3.63, 3.8) is 0 Å². The number of carboxylic acids is 1. The summed E-state index contributed by atoms with van der Waals surface area (Å²) < 4.78 is 0. The number of hydrogen-bond acceptors (Lipinski definition) is 7. The molecule has 10 nitrogen and oxygen atoms in total. The van der Waals surface area contributed by atoms with Gasteiger partial charge in [0.2, 0.25) is 17.7 Å². The number of aliphatic hydroxyl groups is 1. The van der Waals surface area contributed by atoms with Crippen LogP contribution in [0.25, 0.3) is 0 Å². The third-order valence-electron chi connectivity index (χ3n) is 3.78. The van der Waals surface area contributed by atoms with Gasteiger partial charge in [-0.1, -0.05) is 13.8 Å². The van der Waals surface area contributed by atoms with Crippen LogP contribution in [0, 0.1) is 5.92 Å². The van der Waals surface area contributed by atoms with Gasteiger partial charge in [-0.15, -0.1) is 0 Å². The largest absolute Gasteiger partial charge is 0.480 e. The highest BCUT2D eigenvalue weighted by molar-refractivity contribution is 7.98. The number of nitrogens with two attached hydrogens (primary N) is 1. The first kappa shape index (κ1) is 26.1. The number of thioether (sulfide) groups is 1. The normalized spacial score (nSPS) is 15.2. The number of carboxylic acid groups (broad SMARTS) is 1. The predicted molar refractivity (Wildman–Crippen MR) is 107 cm³/mol. The van der Waals surface area contributed by atoms with E-state index < -0.39 is 54.5 Å². The summed E-state index contributed by atoms with van der Waals surface area (Å²) in [4.78, 5) is 47.5. The number of carbonyl (C=O) groups excluding carboxylic acids is 3. The molecule has 0 radical (unpaired) electrons. The molecule has 0 saturated carbocycles. The third kappa shape index (κ3) is 10.5. The second-order valence-electron chi connectivity index (χ2n) is 6.92. The quantitative estimate of drug-likeness (QED) is 0.213. The van der Waals surface area contributed by atoms with Crippen LogP contribution in [0.3, 0.4) is 0 Å². The highest BCUT2D eigenvalue weighted by Gasteiger charge is 2.31. The molecule has 0 heterocycles. The molecule has 4 unspecified atom stereocenters. The molecule has 0 saturated heterocycles. The highest BCUT2D eigenvalue weighted by atomic mass is 32.2. The average Bonchev–Trinajstić information content (AvgIpc) is 2.59. The van der Waals surface area contributed by atoms with Gasteiger partial charge in [-0.05, 0) is 37.7 Å². The number of nitrogens with one attached hydrogen (secondary N) is 3. The Morgan fingerprint density at radius 2 is 1.64 bits per heavy atom. The molecule has 0 fully saturated rings. The van der Waals surface area contributed by atoms with Crippen LogP contribution in [-0.2, 0) is 19.2 Å². The standard InChI is InChI=1S/C17H32N4O6S/c1-9(2)7-11(18)15(25)21-14(10(3)22)17(27)20-12(5-6-28-4)16(26)19-8-13(23)24/h9-12,14,22H,5-8,18H2,1-4H3,(H,19,26)(H,20,27)(H,21,25)(H,23,24). The zero-order valence-corrected chi connectivity index (χ0v) is 17.5. The molecule has 11 heteroatoms. The molecule has 0 rings (SSSR count). The van der Waals surface area contributed by atoms with Crippen LogP contribution in [0.5, 0.6) is 0 Å². The van der Waals surface area contributed by atoms with E-state index >= 15 is 0 Å². The lowest BCUT2D eigenvalue weighted by atomic mass is 10.0. The molecule has 0 spiro atoms. The summed E-state index contributed by atoms with van der Waals surface area (Å²) >= 11 is 1.45. The SMILES string of the molecule is CSCCC(NC(=O)C(NC(=O)C(N)CC(C)C)C(C)O)C(=O)NCC(=O)O. The number of amides is 3. The number of aliphatic hydroxyl groups excluding tert-OH is 1. The van der Waals surface area contributed by atoms with E-state index in [1.54, 1.807) is 0 Å². The van der Waals surface area contributed by atoms with Crippen LogP contribution in [0.2, 0.25) is 0 Å². The van der Waals surface area contributed by atoms with Gasteiger partial charge in [0.25, 0.3) is 0 Å². The molecule has 162 valence electrons. The Labute approximate surface area is 169 Å². The summed E-state index contributed by atoms with van der Waals surface area (Å²) in [6.45, 7) is 4.56. The van der Waals surface area contributed by atoms with Gasteiger partial charge in [0.15, 0.2) is 0 Å². The van der Waals surface area contributed by atoms with Crippen molar-refractivity contribution in [3.8, 4) is 0 Å². The average molecular weight is 421 g/mol. The van der Waals surface area contributed by atoms with Gasteiger partial charge in [-0.3, -0.25) is 19.2 Å². The molecular weight excluding hydrogens is 388 g/mol. The minimum atomic E-state index is -1.30. The Kier molecular flexibility index (Phi) is 12.5. The Hall–Kier alpha value is -1.85. The van der Waals surface area contributed by atoms with Gasteiger partial charge < -0.3 is 31.9 Å². The number of rotatable bonds is 13. The second-order valence-corrected chi connectivity index (χ2v) is 7.90. The topological polar surface area (TPSA) is 171 Å². The Bertz CT molecular complexity index is 544. The van der Waals surface area contributed by atoms with Crippen molar-refractivity contribution in [2.75, 3.05) is 18.6 Å². The lowest BCUT2D eigenvalue weighted by Crippen LogP contribution is -2.59. The van der Waals surface area contributed by atoms with Crippen LogP contribution in [0.1, 0.15) is 33.6 Å². The molecule has 7 N–H and O–H groups in total. The van der Waals surface area contributed by atoms with E-state index in [2.05, 4.69) is 16.0 Å². The van der Waals surface area contributed by atoms with Gasteiger partial charge in [0.05, 0.1) is 12.1 Å². The first-order valence-electron chi connectivity index (χ1n) is 9.02. The predicted octanol–water partition coefficient (Wildman–Crippen LogP) is -1.34. The first-order valence-corrected chi connectivity index (χ1v) is 10.4. The molecule has 0 aromatic rings. The minimum absolute atomic E-state index is 0.174. The Balaban J connectivity index is 5.09. The van der Waals surface area contributed by atoms with Crippen molar-refractivity contribution in [2.24, 2.45) is 11.7 Å². The van der Waals surface area contributed by atoms with Gasteiger partial charge in [0.1, 0.15) is 18.6 Å². The molecule has 4 atom stereocenters. The molecule has 0 aromatic carbocycles. The van der Waals surface area contributed by atoms with Crippen molar-refractivity contribution in [1.29, 1.82) is 0 Å². The van der Waals surface area contributed by atoms with Crippen LogP contribution < -0.4 is 21.7 Å². The van der Waals surface area contributed by atoms with Crippen molar-refractivity contribution in [3.05, 3.63) is 0 Å². The fraction of sp³-hybridized carbons (Fsp3) is 0.765. The minimum Gasteiger partial charge on any atom is -0.480 e. The summed E-state index contributed by atoms with van der Waals surface area (Å²) in [5.74, 6) is -2.49. The van der Waals surface area contributed by atoms with Gasteiger partial charge >= 0.3 is 5.97 Å². The lowest BCUT2D eigenvalue weighted by Gasteiger charge is -2.25. The number of hydrogen-bond donors (Lipinski definition) is 6. The molecule has 0 aliphatic heterocycles. The first-order chi connectivity index (χ1) is 13.0. The van der Waals surface area contributed by atoms with E-state index in [9.17, 15) is 24.3 Å². The Morgan fingerprint density at radius 1 is 1.04 bits per heavy atom. The van der Waals surface area contributed by atoms with E-state index in [1.807, 2.05) is 20.1 Å².